The Morgan fingerprint density at radius 3 is 2.89 bits per heavy atom. The minimum atomic E-state index is 0.905. The zero-order valence-electron chi connectivity index (χ0n) is 6.14. The zero-order chi connectivity index (χ0) is 6.69. The van der Waals surface area contributed by atoms with Gasteiger partial charge in [0.05, 0.1) is 0 Å². The molecule has 1 saturated carbocycles. The van der Waals surface area contributed by atoms with Crippen molar-refractivity contribution >= 4 is 0 Å². The Balaban J connectivity index is 2.20. The first-order chi connectivity index (χ1) is 4.38. The second-order valence-electron chi connectivity index (χ2n) is 2.83. The predicted molar refractivity (Wildman–Crippen MR) is 41.0 cm³/mol. The Hall–Kier alpha value is -0.260. The highest BCUT2D eigenvalue weighted by molar-refractivity contribution is 4.99. The second-order valence-corrected chi connectivity index (χ2v) is 2.83. The molecule has 0 heterocycles. The SMILES string of the molecule is C=CCC(CC)C1[CH]C1. The molecule has 0 heteroatoms. The Kier molecular flexibility index (Phi) is 2.32. The Bertz CT molecular complexity index is 90.2. The molecular weight excluding hydrogens is 108 g/mol. The molecule has 1 fully saturated rings. The Morgan fingerprint density at radius 1 is 1.89 bits per heavy atom. The van der Waals surface area contributed by atoms with Crippen LogP contribution in [-0.2, 0) is 0 Å². The number of allylic oxidation sites excluding steroid dienone is 1. The van der Waals surface area contributed by atoms with Gasteiger partial charge in [0, 0.05) is 0 Å². The summed E-state index contributed by atoms with van der Waals surface area (Å²) in [5.41, 5.74) is 0. The van der Waals surface area contributed by atoms with Crippen LogP contribution in [0.4, 0.5) is 0 Å². The van der Waals surface area contributed by atoms with Crippen LogP contribution in [-0.4, -0.2) is 0 Å². The molecule has 0 nitrogen and oxygen atoms in total. The fourth-order valence-corrected chi connectivity index (χ4v) is 1.32. The summed E-state index contributed by atoms with van der Waals surface area (Å²) in [6.07, 6.45) is 8.31. The third kappa shape index (κ3) is 1.85. The standard InChI is InChI=1S/C9H15/c1-3-5-8(4-2)9-6-7-9/h3,6,8-9H,1,4-5,7H2,2H3. The lowest BCUT2D eigenvalue weighted by atomic mass is 9.97. The maximum atomic E-state index is 3.74. The topological polar surface area (TPSA) is 0 Å². The summed E-state index contributed by atoms with van der Waals surface area (Å²) in [6.45, 7) is 6.01. The fourth-order valence-electron chi connectivity index (χ4n) is 1.32. The molecule has 0 amide bonds. The molecule has 0 aromatic heterocycles. The molecule has 51 valence electrons. The molecule has 0 aromatic rings. The van der Waals surface area contributed by atoms with E-state index < -0.39 is 0 Å². The van der Waals surface area contributed by atoms with E-state index in [1.165, 1.54) is 19.3 Å². The summed E-state index contributed by atoms with van der Waals surface area (Å²) in [7, 11) is 0. The average molecular weight is 123 g/mol. The first kappa shape index (κ1) is 6.85. The van der Waals surface area contributed by atoms with Crippen LogP contribution in [0.2, 0.25) is 0 Å². The van der Waals surface area contributed by atoms with Crippen LogP contribution in [0.25, 0.3) is 0 Å². The van der Waals surface area contributed by atoms with Crippen molar-refractivity contribution in [2.45, 2.75) is 26.2 Å². The van der Waals surface area contributed by atoms with Crippen molar-refractivity contribution in [3.05, 3.63) is 19.1 Å². The molecule has 0 saturated heterocycles. The van der Waals surface area contributed by atoms with Gasteiger partial charge in [-0.3, -0.25) is 0 Å². The van der Waals surface area contributed by atoms with Crippen molar-refractivity contribution in [2.75, 3.05) is 0 Å². The van der Waals surface area contributed by atoms with Gasteiger partial charge in [0.15, 0.2) is 0 Å². The molecule has 1 rings (SSSR count). The lowest BCUT2D eigenvalue weighted by molar-refractivity contribution is 0.465. The highest BCUT2D eigenvalue weighted by atomic mass is 14.3. The molecule has 0 N–H and O–H groups in total. The molecule has 1 radical (unpaired) electrons. The van der Waals surface area contributed by atoms with Crippen molar-refractivity contribution in [3.63, 3.8) is 0 Å². The van der Waals surface area contributed by atoms with E-state index in [1.807, 2.05) is 6.08 Å². The number of rotatable bonds is 4. The van der Waals surface area contributed by atoms with Gasteiger partial charge in [0.1, 0.15) is 0 Å². The van der Waals surface area contributed by atoms with E-state index in [1.54, 1.807) is 0 Å². The van der Waals surface area contributed by atoms with Crippen LogP contribution in [0.5, 0.6) is 0 Å². The number of hydrogen-bond acceptors (Lipinski definition) is 0. The van der Waals surface area contributed by atoms with Crippen LogP contribution in [0.3, 0.4) is 0 Å². The zero-order valence-corrected chi connectivity index (χ0v) is 6.14. The average Bonchev–Trinajstić information content (AvgIpc) is 2.64. The summed E-state index contributed by atoms with van der Waals surface area (Å²) < 4.78 is 0. The monoisotopic (exact) mass is 123 g/mol. The van der Waals surface area contributed by atoms with Crippen LogP contribution in [0, 0.1) is 18.3 Å². The third-order valence-corrected chi connectivity index (χ3v) is 2.11. The van der Waals surface area contributed by atoms with Gasteiger partial charge in [-0.05, 0) is 31.1 Å². The van der Waals surface area contributed by atoms with E-state index in [-0.39, 0.29) is 0 Å². The molecule has 0 aliphatic heterocycles. The van der Waals surface area contributed by atoms with Crippen molar-refractivity contribution < 1.29 is 0 Å². The van der Waals surface area contributed by atoms with E-state index in [2.05, 4.69) is 19.9 Å². The van der Waals surface area contributed by atoms with Crippen LogP contribution in [0.1, 0.15) is 26.2 Å². The quantitative estimate of drug-likeness (QED) is 0.504. The van der Waals surface area contributed by atoms with Gasteiger partial charge in [-0.2, -0.15) is 0 Å². The van der Waals surface area contributed by atoms with Gasteiger partial charge < -0.3 is 0 Å². The van der Waals surface area contributed by atoms with Crippen LogP contribution in [0.15, 0.2) is 12.7 Å². The van der Waals surface area contributed by atoms with E-state index in [0.717, 1.165) is 11.8 Å². The predicted octanol–water partition coefficient (Wildman–Crippen LogP) is 2.81. The fraction of sp³-hybridized carbons (Fsp3) is 0.667. The first-order valence-corrected chi connectivity index (χ1v) is 3.82. The molecule has 2 atom stereocenters. The minimum Gasteiger partial charge on any atom is -0.103 e. The lowest BCUT2D eigenvalue weighted by Crippen LogP contribution is -1.98. The highest BCUT2D eigenvalue weighted by Gasteiger charge is 2.28. The van der Waals surface area contributed by atoms with Gasteiger partial charge in [-0.1, -0.05) is 19.4 Å². The van der Waals surface area contributed by atoms with Crippen molar-refractivity contribution in [3.8, 4) is 0 Å². The largest absolute Gasteiger partial charge is 0.103 e. The highest BCUT2D eigenvalue weighted by Crippen LogP contribution is 2.38. The molecule has 2 unspecified atom stereocenters. The van der Waals surface area contributed by atoms with Gasteiger partial charge in [0.2, 0.25) is 0 Å². The molecule has 9 heavy (non-hydrogen) atoms. The van der Waals surface area contributed by atoms with E-state index in [0.29, 0.717) is 0 Å². The summed E-state index contributed by atoms with van der Waals surface area (Å²) in [6, 6.07) is 0. The van der Waals surface area contributed by atoms with Crippen LogP contribution < -0.4 is 0 Å². The van der Waals surface area contributed by atoms with Gasteiger partial charge in [-0.25, -0.2) is 0 Å². The van der Waals surface area contributed by atoms with Crippen molar-refractivity contribution in [1.82, 2.24) is 0 Å². The Labute approximate surface area is 58.0 Å². The first-order valence-electron chi connectivity index (χ1n) is 3.82. The molecular formula is C9H15. The molecule has 0 aromatic carbocycles. The maximum Gasteiger partial charge on any atom is -0.0322 e. The third-order valence-electron chi connectivity index (χ3n) is 2.11. The van der Waals surface area contributed by atoms with Gasteiger partial charge >= 0.3 is 0 Å². The molecule has 1 aliphatic rings. The molecule has 0 spiro atoms. The normalized spacial score (nSPS) is 21.4. The van der Waals surface area contributed by atoms with E-state index in [9.17, 15) is 0 Å². The minimum absolute atomic E-state index is 0.905. The van der Waals surface area contributed by atoms with Crippen molar-refractivity contribution in [1.29, 1.82) is 0 Å². The summed E-state index contributed by atoms with van der Waals surface area (Å²) in [5.74, 6) is 1.84. The summed E-state index contributed by atoms with van der Waals surface area (Å²) >= 11 is 0. The van der Waals surface area contributed by atoms with E-state index in [4.69, 9.17) is 0 Å². The summed E-state index contributed by atoms with van der Waals surface area (Å²) in [4.78, 5) is 0. The second kappa shape index (κ2) is 3.05. The summed E-state index contributed by atoms with van der Waals surface area (Å²) in [5, 5.41) is 0. The molecule has 0 bridgehead atoms. The molecule has 1 aliphatic carbocycles. The van der Waals surface area contributed by atoms with Crippen molar-refractivity contribution in [2.24, 2.45) is 11.8 Å². The van der Waals surface area contributed by atoms with E-state index >= 15 is 0 Å². The smallest absolute Gasteiger partial charge is 0.0322 e. The Morgan fingerprint density at radius 2 is 2.56 bits per heavy atom. The van der Waals surface area contributed by atoms with Crippen LogP contribution >= 0.6 is 0 Å². The van der Waals surface area contributed by atoms with Gasteiger partial charge in [0.25, 0.3) is 0 Å². The maximum absolute atomic E-state index is 3.74. The van der Waals surface area contributed by atoms with Gasteiger partial charge in [-0.15, -0.1) is 6.58 Å². The number of hydrogen-bond donors (Lipinski definition) is 0. The lowest BCUT2D eigenvalue weighted by Gasteiger charge is -2.08.